The second-order valence-corrected chi connectivity index (χ2v) is 6.28. The molecule has 124 valence electrons. The lowest BCUT2D eigenvalue weighted by atomic mass is 9.80. The van der Waals surface area contributed by atoms with Crippen molar-refractivity contribution in [1.29, 1.82) is 0 Å². The van der Waals surface area contributed by atoms with Crippen LogP contribution in [0.3, 0.4) is 0 Å². The molecule has 1 aliphatic carbocycles. The van der Waals surface area contributed by atoms with E-state index < -0.39 is 0 Å². The molecule has 4 heteroatoms. The normalized spacial score (nSPS) is 20.0. The molecule has 0 fully saturated rings. The average Bonchev–Trinajstić information content (AvgIpc) is 2.60. The van der Waals surface area contributed by atoms with Gasteiger partial charge >= 0.3 is 5.97 Å². The highest BCUT2D eigenvalue weighted by atomic mass is 16.5. The van der Waals surface area contributed by atoms with Crippen LogP contribution in [0.5, 0.6) is 5.75 Å². The summed E-state index contributed by atoms with van der Waals surface area (Å²) in [5, 5.41) is 0. The third kappa shape index (κ3) is 2.82. The number of hydrogen-bond donors (Lipinski definition) is 0. The lowest BCUT2D eigenvalue weighted by Crippen LogP contribution is -2.39. The minimum atomic E-state index is -0.104. The fourth-order valence-corrected chi connectivity index (χ4v) is 3.93. The summed E-state index contributed by atoms with van der Waals surface area (Å²) in [5.41, 5.74) is 5.24. The molecule has 1 aromatic carbocycles. The fourth-order valence-electron chi connectivity index (χ4n) is 3.93. The number of carbonyl (C=O) groups is 1. The van der Waals surface area contributed by atoms with Crippen molar-refractivity contribution in [1.82, 2.24) is 4.90 Å². The van der Waals surface area contributed by atoms with Crippen molar-refractivity contribution < 1.29 is 14.3 Å². The molecule has 1 atom stereocenters. The Balaban J connectivity index is 2.04. The van der Waals surface area contributed by atoms with Gasteiger partial charge in [0.1, 0.15) is 5.75 Å². The molecule has 0 unspecified atom stereocenters. The van der Waals surface area contributed by atoms with E-state index in [1.54, 1.807) is 7.11 Å². The van der Waals surface area contributed by atoms with Crippen LogP contribution in [0, 0.1) is 5.92 Å². The summed E-state index contributed by atoms with van der Waals surface area (Å²) >= 11 is 0. The number of fused-ring (bicyclic) bond motifs is 2. The molecule has 0 saturated heterocycles. The van der Waals surface area contributed by atoms with Gasteiger partial charge in [-0.3, -0.25) is 4.79 Å². The molecule has 0 aromatic heterocycles. The van der Waals surface area contributed by atoms with Gasteiger partial charge in [0, 0.05) is 24.4 Å². The number of carbonyl (C=O) groups excluding carboxylic acids is 1. The first-order chi connectivity index (χ1) is 11.2. The molecule has 1 aliphatic heterocycles. The second kappa shape index (κ2) is 6.65. The molecule has 3 rings (SSSR count). The fraction of sp³-hybridized carbons (Fsp3) is 0.526. The molecule has 0 saturated carbocycles. The highest BCUT2D eigenvalue weighted by Gasteiger charge is 2.34. The average molecular weight is 315 g/mol. The van der Waals surface area contributed by atoms with Gasteiger partial charge in [-0.2, -0.15) is 0 Å². The van der Waals surface area contributed by atoms with E-state index in [9.17, 15) is 4.79 Å². The van der Waals surface area contributed by atoms with E-state index in [2.05, 4.69) is 17.9 Å². The second-order valence-electron chi connectivity index (χ2n) is 6.28. The monoisotopic (exact) mass is 315 g/mol. The number of ether oxygens (including phenoxy) is 2. The summed E-state index contributed by atoms with van der Waals surface area (Å²) in [7, 11) is 3.20. The van der Waals surface area contributed by atoms with Gasteiger partial charge in [-0.25, -0.2) is 0 Å². The van der Waals surface area contributed by atoms with Gasteiger partial charge in [0.25, 0.3) is 0 Å². The smallest absolute Gasteiger partial charge is 0.310 e. The van der Waals surface area contributed by atoms with Crippen LogP contribution in [0.25, 0.3) is 5.57 Å². The van der Waals surface area contributed by atoms with E-state index in [-0.39, 0.29) is 11.9 Å². The van der Waals surface area contributed by atoms with Crippen LogP contribution in [0.1, 0.15) is 37.3 Å². The van der Waals surface area contributed by atoms with E-state index in [4.69, 9.17) is 9.47 Å². The van der Waals surface area contributed by atoms with Gasteiger partial charge in [0.05, 0.1) is 20.1 Å². The zero-order valence-electron chi connectivity index (χ0n) is 14.2. The molecule has 4 nitrogen and oxygen atoms in total. The van der Waals surface area contributed by atoms with E-state index in [1.807, 2.05) is 12.1 Å². The van der Waals surface area contributed by atoms with Crippen molar-refractivity contribution in [3.05, 3.63) is 35.0 Å². The van der Waals surface area contributed by atoms with E-state index in [0.29, 0.717) is 0 Å². The lowest BCUT2D eigenvalue weighted by molar-refractivity contribution is -0.146. The highest BCUT2D eigenvalue weighted by Crippen LogP contribution is 2.43. The Hall–Kier alpha value is -1.97. The van der Waals surface area contributed by atoms with Crippen molar-refractivity contribution in [3.8, 4) is 5.75 Å². The first kappa shape index (κ1) is 15.9. The summed E-state index contributed by atoms with van der Waals surface area (Å²) in [5.74, 6) is 0.770. The predicted molar refractivity (Wildman–Crippen MR) is 90.2 cm³/mol. The Kier molecular flexibility index (Phi) is 4.60. The van der Waals surface area contributed by atoms with Crippen LogP contribution in [-0.4, -0.2) is 38.2 Å². The molecule has 0 amide bonds. The van der Waals surface area contributed by atoms with Crippen LogP contribution < -0.4 is 4.74 Å². The Bertz CT molecular complexity index is 636. The quantitative estimate of drug-likeness (QED) is 0.800. The Labute approximate surface area is 138 Å². The molecule has 0 N–H and O–H groups in total. The number of allylic oxidation sites excluding steroid dienone is 2. The minimum Gasteiger partial charge on any atom is -0.496 e. The van der Waals surface area contributed by atoms with Crippen molar-refractivity contribution in [2.45, 2.75) is 32.6 Å². The maximum absolute atomic E-state index is 12.1. The van der Waals surface area contributed by atoms with Crippen LogP contribution >= 0.6 is 0 Å². The summed E-state index contributed by atoms with van der Waals surface area (Å²) in [6.07, 6.45) is 3.87. The maximum atomic E-state index is 12.1. The van der Waals surface area contributed by atoms with Gasteiger partial charge < -0.3 is 14.4 Å². The number of benzene rings is 1. The first-order valence-corrected chi connectivity index (χ1v) is 8.40. The van der Waals surface area contributed by atoms with E-state index in [0.717, 1.165) is 44.5 Å². The molecule has 0 radical (unpaired) electrons. The Morgan fingerprint density at radius 3 is 2.83 bits per heavy atom. The Morgan fingerprint density at radius 1 is 1.30 bits per heavy atom. The zero-order chi connectivity index (χ0) is 16.4. The van der Waals surface area contributed by atoms with Gasteiger partial charge in [-0.05, 0) is 42.9 Å². The summed E-state index contributed by atoms with van der Waals surface area (Å²) in [6, 6.07) is 6.23. The zero-order valence-corrected chi connectivity index (χ0v) is 14.2. The van der Waals surface area contributed by atoms with Crippen LogP contribution in [0.4, 0.5) is 0 Å². The standard InChI is InChI=1S/C19H25NO3/c1-4-10-20-12-13(19(21)23-3)11-16-14-6-5-7-18(22-2)15(14)8-9-17(16)20/h5-7,13H,4,8-12H2,1-3H3/t13-/m1/s1. The predicted octanol–water partition coefficient (Wildman–Crippen LogP) is 3.26. The molecule has 0 spiro atoms. The lowest BCUT2D eigenvalue weighted by Gasteiger charge is -2.40. The van der Waals surface area contributed by atoms with Crippen LogP contribution in [0.2, 0.25) is 0 Å². The molecule has 2 aliphatic rings. The van der Waals surface area contributed by atoms with Gasteiger partial charge in [0.2, 0.25) is 0 Å². The van der Waals surface area contributed by atoms with Gasteiger partial charge in [0.15, 0.2) is 0 Å². The van der Waals surface area contributed by atoms with Crippen LogP contribution in [0.15, 0.2) is 23.9 Å². The molecular formula is C19H25NO3. The summed E-state index contributed by atoms with van der Waals surface area (Å²) in [6.45, 7) is 3.95. The van der Waals surface area contributed by atoms with E-state index >= 15 is 0 Å². The van der Waals surface area contributed by atoms with Crippen molar-refractivity contribution in [3.63, 3.8) is 0 Å². The topological polar surface area (TPSA) is 38.8 Å². The van der Waals surface area contributed by atoms with Crippen molar-refractivity contribution >= 4 is 11.5 Å². The van der Waals surface area contributed by atoms with Crippen molar-refractivity contribution in [2.75, 3.05) is 27.3 Å². The minimum absolute atomic E-state index is 0.0811. The van der Waals surface area contributed by atoms with E-state index in [1.165, 1.54) is 29.5 Å². The largest absolute Gasteiger partial charge is 0.496 e. The third-order valence-corrected chi connectivity index (χ3v) is 4.94. The van der Waals surface area contributed by atoms with Crippen molar-refractivity contribution in [2.24, 2.45) is 5.92 Å². The maximum Gasteiger partial charge on any atom is 0.310 e. The molecule has 1 aromatic rings. The molecule has 23 heavy (non-hydrogen) atoms. The Morgan fingerprint density at radius 2 is 2.13 bits per heavy atom. The molecule has 0 bridgehead atoms. The molecule has 1 heterocycles. The first-order valence-electron chi connectivity index (χ1n) is 8.40. The number of nitrogens with zero attached hydrogens (tertiary/aromatic N) is 1. The third-order valence-electron chi connectivity index (χ3n) is 4.94. The number of hydrogen-bond acceptors (Lipinski definition) is 4. The van der Waals surface area contributed by atoms with Gasteiger partial charge in [-0.15, -0.1) is 0 Å². The summed E-state index contributed by atoms with van der Waals surface area (Å²) < 4.78 is 10.6. The number of esters is 1. The highest BCUT2D eigenvalue weighted by molar-refractivity contribution is 5.81. The van der Waals surface area contributed by atoms with Gasteiger partial charge in [-0.1, -0.05) is 19.1 Å². The SMILES string of the molecule is CCCN1C[C@H](C(=O)OC)CC2=C1CCc1c(OC)cccc12. The number of rotatable bonds is 4. The molecular weight excluding hydrogens is 290 g/mol. The number of methoxy groups -OCH3 is 2. The van der Waals surface area contributed by atoms with Crippen LogP contribution in [-0.2, 0) is 16.0 Å². The summed E-state index contributed by atoms with van der Waals surface area (Å²) in [4.78, 5) is 14.5.